The fourth-order valence-electron chi connectivity index (χ4n) is 1.84. The first-order chi connectivity index (χ1) is 10.7. The average Bonchev–Trinajstić information content (AvgIpc) is 2.56. The van der Waals surface area contributed by atoms with E-state index in [9.17, 15) is 4.79 Å². The third-order valence-corrected chi connectivity index (χ3v) is 3.12. The summed E-state index contributed by atoms with van der Waals surface area (Å²) in [6, 6.07) is 7.74. The van der Waals surface area contributed by atoms with Crippen LogP contribution in [0.2, 0.25) is 0 Å². The monoisotopic (exact) mass is 300 g/mol. The van der Waals surface area contributed by atoms with Gasteiger partial charge in [0.05, 0.1) is 19.0 Å². The molecule has 22 heavy (non-hydrogen) atoms. The van der Waals surface area contributed by atoms with E-state index in [2.05, 4.69) is 27.5 Å². The van der Waals surface area contributed by atoms with Crippen LogP contribution in [0.4, 0.5) is 11.5 Å². The maximum Gasteiger partial charge on any atom is 0.275 e. The second-order valence-corrected chi connectivity index (χ2v) is 4.71. The van der Waals surface area contributed by atoms with Crippen LogP contribution in [0.1, 0.15) is 23.0 Å². The second-order valence-electron chi connectivity index (χ2n) is 4.71. The van der Waals surface area contributed by atoms with Gasteiger partial charge in [-0.3, -0.25) is 4.79 Å². The molecule has 1 amide bonds. The van der Waals surface area contributed by atoms with E-state index < -0.39 is 0 Å². The van der Waals surface area contributed by atoms with Crippen molar-refractivity contribution in [1.29, 1.82) is 0 Å². The van der Waals surface area contributed by atoms with Crippen LogP contribution in [0.25, 0.3) is 0 Å². The van der Waals surface area contributed by atoms with Crippen molar-refractivity contribution >= 4 is 17.4 Å². The largest absolute Gasteiger partial charge is 0.383 e. The van der Waals surface area contributed by atoms with E-state index in [0.717, 1.165) is 12.1 Å². The van der Waals surface area contributed by atoms with E-state index >= 15 is 0 Å². The summed E-state index contributed by atoms with van der Waals surface area (Å²) in [6.07, 6.45) is 3.95. The number of amides is 1. The molecule has 1 aromatic heterocycles. The lowest BCUT2D eigenvalue weighted by Crippen LogP contribution is -2.15. The van der Waals surface area contributed by atoms with E-state index in [1.165, 1.54) is 18.0 Å². The topological polar surface area (TPSA) is 76.1 Å². The molecule has 0 atom stereocenters. The molecule has 2 N–H and O–H groups in total. The molecule has 0 aliphatic heterocycles. The first-order valence-corrected chi connectivity index (χ1v) is 7.18. The number of rotatable bonds is 7. The molecule has 1 heterocycles. The van der Waals surface area contributed by atoms with Crippen LogP contribution >= 0.6 is 0 Å². The van der Waals surface area contributed by atoms with Crippen molar-refractivity contribution < 1.29 is 9.53 Å². The third-order valence-electron chi connectivity index (χ3n) is 3.12. The predicted molar refractivity (Wildman–Crippen MR) is 86.2 cm³/mol. The smallest absolute Gasteiger partial charge is 0.275 e. The van der Waals surface area contributed by atoms with E-state index in [1.807, 2.05) is 24.3 Å². The Bertz CT molecular complexity index is 597. The molecule has 2 rings (SSSR count). The van der Waals surface area contributed by atoms with Crippen molar-refractivity contribution in [3.63, 3.8) is 0 Å². The van der Waals surface area contributed by atoms with E-state index in [4.69, 9.17) is 4.74 Å². The standard InChI is InChI=1S/C16H20N4O2/c1-3-12-4-6-13(7-5-12)20-16(21)14-10-19-15(11-18-14)17-8-9-22-2/h4-7,10-11H,3,8-9H2,1-2H3,(H,17,19)(H,20,21). The maximum absolute atomic E-state index is 12.1. The maximum atomic E-state index is 12.1. The number of carbonyl (C=O) groups excluding carboxylic acids is 1. The normalized spacial score (nSPS) is 10.3. The molecule has 0 saturated heterocycles. The summed E-state index contributed by atoms with van der Waals surface area (Å²) in [6.45, 7) is 3.31. The average molecular weight is 300 g/mol. The molecule has 0 saturated carbocycles. The molecular formula is C16H20N4O2. The predicted octanol–water partition coefficient (Wildman–Crippen LogP) is 2.35. The molecule has 0 aliphatic rings. The van der Waals surface area contributed by atoms with Crippen LogP contribution in [-0.2, 0) is 11.2 Å². The minimum Gasteiger partial charge on any atom is -0.383 e. The highest BCUT2D eigenvalue weighted by atomic mass is 16.5. The van der Waals surface area contributed by atoms with Crippen molar-refractivity contribution in [2.24, 2.45) is 0 Å². The summed E-state index contributed by atoms with van der Waals surface area (Å²) < 4.78 is 4.93. The Morgan fingerprint density at radius 3 is 2.55 bits per heavy atom. The zero-order valence-electron chi connectivity index (χ0n) is 12.8. The molecule has 0 aliphatic carbocycles. The third kappa shape index (κ3) is 4.53. The summed E-state index contributed by atoms with van der Waals surface area (Å²) in [7, 11) is 1.63. The van der Waals surface area contributed by atoms with Gasteiger partial charge < -0.3 is 15.4 Å². The minimum atomic E-state index is -0.278. The van der Waals surface area contributed by atoms with Crippen LogP contribution in [0.3, 0.4) is 0 Å². The molecule has 6 heteroatoms. The number of hydrogen-bond donors (Lipinski definition) is 2. The molecule has 1 aromatic carbocycles. The number of carbonyl (C=O) groups is 1. The lowest BCUT2D eigenvalue weighted by molar-refractivity contribution is 0.102. The number of hydrogen-bond acceptors (Lipinski definition) is 5. The van der Waals surface area contributed by atoms with Gasteiger partial charge in [-0.2, -0.15) is 0 Å². The number of aromatic nitrogens is 2. The highest BCUT2D eigenvalue weighted by Crippen LogP contribution is 2.11. The van der Waals surface area contributed by atoms with Crippen LogP contribution in [0.5, 0.6) is 0 Å². The Hall–Kier alpha value is -2.47. The van der Waals surface area contributed by atoms with Gasteiger partial charge in [-0.05, 0) is 24.1 Å². The van der Waals surface area contributed by atoms with Crippen molar-refractivity contribution in [3.8, 4) is 0 Å². The van der Waals surface area contributed by atoms with Gasteiger partial charge in [-0.25, -0.2) is 9.97 Å². The fourth-order valence-corrected chi connectivity index (χ4v) is 1.84. The first kappa shape index (κ1) is 15.9. The SMILES string of the molecule is CCc1ccc(NC(=O)c2cnc(NCCOC)cn2)cc1. The van der Waals surface area contributed by atoms with Crippen molar-refractivity contribution in [2.45, 2.75) is 13.3 Å². The van der Waals surface area contributed by atoms with Gasteiger partial charge in [-0.1, -0.05) is 19.1 Å². The van der Waals surface area contributed by atoms with Crippen molar-refractivity contribution in [1.82, 2.24) is 9.97 Å². The van der Waals surface area contributed by atoms with Gasteiger partial charge in [0, 0.05) is 19.3 Å². The van der Waals surface area contributed by atoms with E-state index in [0.29, 0.717) is 19.0 Å². The Morgan fingerprint density at radius 2 is 1.95 bits per heavy atom. The zero-order chi connectivity index (χ0) is 15.8. The number of ether oxygens (including phenoxy) is 1. The van der Waals surface area contributed by atoms with E-state index in [-0.39, 0.29) is 11.6 Å². The number of aryl methyl sites for hydroxylation is 1. The lowest BCUT2D eigenvalue weighted by atomic mass is 10.1. The number of anilines is 2. The van der Waals surface area contributed by atoms with E-state index in [1.54, 1.807) is 7.11 Å². The molecule has 6 nitrogen and oxygen atoms in total. The second kappa shape index (κ2) is 8.09. The molecule has 0 unspecified atom stereocenters. The fraction of sp³-hybridized carbons (Fsp3) is 0.312. The Labute approximate surface area is 129 Å². The van der Waals surface area contributed by atoms with Crippen LogP contribution in [0.15, 0.2) is 36.7 Å². The summed E-state index contributed by atoms with van der Waals surface area (Å²) in [4.78, 5) is 20.3. The number of methoxy groups -OCH3 is 1. The highest BCUT2D eigenvalue weighted by Gasteiger charge is 2.08. The van der Waals surface area contributed by atoms with Crippen molar-refractivity contribution in [3.05, 3.63) is 47.9 Å². The Kier molecular flexibility index (Phi) is 5.85. The quantitative estimate of drug-likeness (QED) is 0.768. The molecular weight excluding hydrogens is 280 g/mol. The van der Waals surface area contributed by atoms with Gasteiger partial charge in [0.1, 0.15) is 11.5 Å². The van der Waals surface area contributed by atoms with Gasteiger partial charge in [0.25, 0.3) is 5.91 Å². The molecule has 0 spiro atoms. The Balaban J connectivity index is 1.94. The molecule has 2 aromatic rings. The number of nitrogens with zero attached hydrogens (tertiary/aromatic N) is 2. The lowest BCUT2D eigenvalue weighted by Gasteiger charge is -2.07. The molecule has 0 fully saturated rings. The summed E-state index contributed by atoms with van der Waals surface area (Å²) >= 11 is 0. The number of nitrogens with one attached hydrogen (secondary N) is 2. The summed E-state index contributed by atoms with van der Waals surface area (Å²) in [5, 5.41) is 5.84. The summed E-state index contributed by atoms with van der Waals surface area (Å²) in [5.74, 6) is 0.334. The first-order valence-electron chi connectivity index (χ1n) is 7.18. The van der Waals surface area contributed by atoms with Gasteiger partial charge in [0.15, 0.2) is 0 Å². The highest BCUT2D eigenvalue weighted by molar-refractivity contribution is 6.02. The van der Waals surface area contributed by atoms with Gasteiger partial charge in [0.2, 0.25) is 0 Å². The van der Waals surface area contributed by atoms with Gasteiger partial charge >= 0.3 is 0 Å². The molecule has 0 bridgehead atoms. The van der Waals surface area contributed by atoms with Crippen LogP contribution in [-0.4, -0.2) is 36.1 Å². The molecule has 116 valence electrons. The van der Waals surface area contributed by atoms with Crippen molar-refractivity contribution in [2.75, 3.05) is 30.9 Å². The molecule has 0 radical (unpaired) electrons. The minimum absolute atomic E-state index is 0.275. The van der Waals surface area contributed by atoms with Gasteiger partial charge in [-0.15, -0.1) is 0 Å². The number of benzene rings is 1. The van der Waals surface area contributed by atoms with Crippen LogP contribution < -0.4 is 10.6 Å². The van der Waals surface area contributed by atoms with Crippen LogP contribution in [0, 0.1) is 0 Å². The zero-order valence-corrected chi connectivity index (χ0v) is 12.8. The Morgan fingerprint density at radius 1 is 1.18 bits per heavy atom. The summed E-state index contributed by atoms with van der Waals surface area (Å²) in [5.41, 5.74) is 2.24.